The molecular weight excluding hydrogens is 289 g/mol. The Morgan fingerprint density at radius 2 is 2.10 bits per heavy atom. The van der Waals surface area contributed by atoms with Gasteiger partial charge in [-0.1, -0.05) is 12.1 Å². The Morgan fingerprint density at radius 3 is 2.76 bits per heavy atom. The zero-order valence-electron chi connectivity index (χ0n) is 11.8. The Balaban J connectivity index is 2.15. The number of benzene rings is 1. The van der Waals surface area contributed by atoms with Gasteiger partial charge in [-0.25, -0.2) is 9.07 Å². The summed E-state index contributed by atoms with van der Waals surface area (Å²) < 4.78 is 14.8. The summed E-state index contributed by atoms with van der Waals surface area (Å²) in [4.78, 5) is 12.6. The number of nitriles is 1. The fourth-order valence-electron chi connectivity index (χ4n) is 1.86. The molecule has 6 heteroatoms. The van der Waals surface area contributed by atoms with Gasteiger partial charge < -0.3 is 0 Å². The van der Waals surface area contributed by atoms with Gasteiger partial charge in [-0.3, -0.25) is 4.79 Å². The monoisotopic (exact) mass is 303 g/mol. The van der Waals surface area contributed by atoms with E-state index in [9.17, 15) is 9.18 Å². The molecule has 2 aromatic rings. The van der Waals surface area contributed by atoms with Crippen LogP contribution in [0.4, 0.5) is 4.39 Å². The predicted octanol–water partition coefficient (Wildman–Crippen LogP) is 2.66. The van der Waals surface area contributed by atoms with Crippen LogP contribution in [0.25, 0.3) is 0 Å². The lowest BCUT2D eigenvalue weighted by Gasteiger charge is -2.09. The molecule has 2 rings (SSSR count). The van der Waals surface area contributed by atoms with E-state index in [0.717, 1.165) is 0 Å². The minimum Gasteiger partial charge on any atom is -0.266 e. The molecule has 0 spiro atoms. The number of aryl methyl sites for hydroxylation is 2. The summed E-state index contributed by atoms with van der Waals surface area (Å²) in [7, 11) is 0. The van der Waals surface area contributed by atoms with Crippen molar-refractivity contribution in [3.63, 3.8) is 0 Å². The third kappa shape index (κ3) is 3.31. The zero-order chi connectivity index (χ0) is 15.4. The van der Waals surface area contributed by atoms with Crippen LogP contribution in [0.1, 0.15) is 16.8 Å². The number of aromatic nitrogens is 2. The topological polar surface area (TPSA) is 58.7 Å². The summed E-state index contributed by atoms with van der Waals surface area (Å²) in [5.41, 5.74) is 0.996. The second kappa shape index (κ2) is 6.55. The normalized spacial score (nSPS) is 10.4. The van der Waals surface area contributed by atoms with Crippen LogP contribution in [-0.4, -0.2) is 15.5 Å². The SMILES string of the molecule is Cc1nn(CCSc2ccccc2F)c(=O)c(C#N)c1C. The standard InChI is InChI=1S/C15H14FN3OS/c1-10-11(2)18-19(15(20)12(10)9-17)7-8-21-14-6-4-3-5-13(14)16/h3-6H,7-8H2,1-2H3. The maximum Gasteiger partial charge on any atom is 0.284 e. The maximum absolute atomic E-state index is 13.5. The van der Waals surface area contributed by atoms with Crippen LogP contribution in [0.5, 0.6) is 0 Å². The van der Waals surface area contributed by atoms with E-state index >= 15 is 0 Å². The molecule has 0 amide bonds. The van der Waals surface area contributed by atoms with E-state index in [1.807, 2.05) is 6.07 Å². The van der Waals surface area contributed by atoms with E-state index in [2.05, 4.69) is 5.10 Å². The van der Waals surface area contributed by atoms with Crippen molar-refractivity contribution < 1.29 is 4.39 Å². The number of hydrogen-bond acceptors (Lipinski definition) is 4. The van der Waals surface area contributed by atoms with Gasteiger partial charge in [-0.05, 0) is 31.5 Å². The van der Waals surface area contributed by atoms with Crippen LogP contribution in [-0.2, 0) is 6.54 Å². The molecule has 1 aromatic carbocycles. The van der Waals surface area contributed by atoms with Crippen molar-refractivity contribution in [3.05, 3.63) is 57.3 Å². The van der Waals surface area contributed by atoms with Gasteiger partial charge in [0.1, 0.15) is 17.4 Å². The van der Waals surface area contributed by atoms with E-state index in [1.165, 1.54) is 22.5 Å². The number of rotatable bonds is 4. The average Bonchev–Trinajstić information content (AvgIpc) is 2.47. The smallest absolute Gasteiger partial charge is 0.266 e. The van der Waals surface area contributed by atoms with Gasteiger partial charge in [0, 0.05) is 10.6 Å². The molecule has 0 fully saturated rings. The maximum atomic E-state index is 13.5. The largest absolute Gasteiger partial charge is 0.284 e. The first-order valence-electron chi connectivity index (χ1n) is 6.40. The molecule has 0 aliphatic rings. The number of hydrogen-bond donors (Lipinski definition) is 0. The highest BCUT2D eigenvalue weighted by atomic mass is 32.2. The number of thioether (sulfide) groups is 1. The van der Waals surface area contributed by atoms with Crippen LogP contribution in [0.2, 0.25) is 0 Å². The third-order valence-corrected chi connectivity index (χ3v) is 4.17. The number of halogens is 1. The molecule has 0 saturated heterocycles. The van der Waals surface area contributed by atoms with Crippen LogP contribution in [0, 0.1) is 31.0 Å². The Kier molecular flexibility index (Phi) is 4.76. The van der Waals surface area contributed by atoms with Crippen molar-refractivity contribution in [2.75, 3.05) is 5.75 Å². The Bertz CT molecular complexity index is 764. The summed E-state index contributed by atoms with van der Waals surface area (Å²) in [5.74, 6) is 0.224. The highest BCUT2D eigenvalue weighted by Gasteiger charge is 2.11. The van der Waals surface area contributed by atoms with Crippen molar-refractivity contribution in [1.82, 2.24) is 9.78 Å². The summed E-state index contributed by atoms with van der Waals surface area (Å²) in [5, 5.41) is 13.2. The second-order valence-electron chi connectivity index (χ2n) is 4.50. The predicted molar refractivity (Wildman–Crippen MR) is 79.8 cm³/mol. The summed E-state index contributed by atoms with van der Waals surface area (Å²) in [6.07, 6.45) is 0. The van der Waals surface area contributed by atoms with Crippen LogP contribution in [0.15, 0.2) is 34.0 Å². The molecule has 1 heterocycles. The highest BCUT2D eigenvalue weighted by molar-refractivity contribution is 7.99. The summed E-state index contributed by atoms with van der Waals surface area (Å²) >= 11 is 1.32. The van der Waals surface area contributed by atoms with E-state index < -0.39 is 5.56 Å². The number of nitrogens with zero attached hydrogens (tertiary/aromatic N) is 3. The van der Waals surface area contributed by atoms with Crippen LogP contribution >= 0.6 is 11.8 Å². The first kappa shape index (κ1) is 15.3. The fraction of sp³-hybridized carbons (Fsp3) is 0.267. The minimum atomic E-state index is -0.394. The quantitative estimate of drug-likeness (QED) is 0.815. The first-order chi connectivity index (χ1) is 10.0. The Hall–Kier alpha value is -2.13. The molecular formula is C15H14FN3OS. The van der Waals surface area contributed by atoms with E-state index in [1.54, 1.807) is 32.0 Å². The van der Waals surface area contributed by atoms with Gasteiger partial charge in [-0.2, -0.15) is 10.4 Å². The molecule has 1 aromatic heterocycles. The van der Waals surface area contributed by atoms with Crippen molar-refractivity contribution in [2.24, 2.45) is 0 Å². The molecule has 108 valence electrons. The minimum absolute atomic E-state index is 0.124. The molecule has 0 unspecified atom stereocenters. The van der Waals surface area contributed by atoms with E-state index in [4.69, 9.17) is 5.26 Å². The van der Waals surface area contributed by atoms with Crippen molar-refractivity contribution >= 4 is 11.8 Å². The molecule has 0 atom stereocenters. The molecule has 4 nitrogen and oxygen atoms in total. The molecule has 0 aliphatic heterocycles. The molecule has 0 N–H and O–H groups in total. The molecule has 0 saturated carbocycles. The van der Waals surface area contributed by atoms with Crippen LogP contribution < -0.4 is 5.56 Å². The van der Waals surface area contributed by atoms with Crippen molar-refractivity contribution in [2.45, 2.75) is 25.3 Å². The average molecular weight is 303 g/mol. The third-order valence-electron chi connectivity index (χ3n) is 3.15. The van der Waals surface area contributed by atoms with Gasteiger partial charge in [0.25, 0.3) is 5.56 Å². The highest BCUT2D eigenvalue weighted by Crippen LogP contribution is 2.21. The van der Waals surface area contributed by atoms with Crippen molar-refractivity contribution in [1.29, 1.82) is 5.26 Å². The lowest BCUT2D eigenvalue weighted by Crippen LogP contribution is -2.28. The van der Waals surface area contributed by atoms with Gasteiger partial charge in [0.2, 0.25) is 0 Å². The fourth-order valence-corrected chi connectivity index (χ4v) is 2.72. The molecule has 0 radical (unpaired) electrons. The molecule has 0 aliphatic carbocycles. The second-order valence-corrected chi connectivity index (χ2v) is 5.64. The molecule has 0 bridgehead atoms. The van der Waals surface area contributed by atoms with Gasteiger partial charge in [0.15, 0.2) is 0 Å². The van der Waals surface area contributed by atoms with Crippen LogP contribution in [0.3, 0.4) is 0 Å². The Morgan fingerprint density at radius 1 is 1.38 bits per heavy atom. The lowest BCUT2D eigenvalue weighted by atomic mass is 10.1. The van der Waals surface area contributed by atoms with Gasteiger partial charge in [-0.15, -0.1) is 11.8 Å². The van der Waals surface area contributed by atoms with Crippen molar-refractivity contribution in [3.8, 4) is 6.07 Å². The van der Waals surface area contributed by atoms with Gasteiger partial charge in [0.05, 0.1) is 12.2 Å². The summed E-state index contributed by atoms with van der Waals surface area (Å²) in [6.45, 7) is 3.80. The Labute approximate surface area is 126 Å². The zero-order valence-corrected chi connectivity index (χ0v) is 12.6. The summed E-state index contributed by atoms with van der Waals surface area (Å²) in [6, 6.07) is 8.41. The lowest BCUT2D eigenvalue weighted by molar-refractivity contribution is 0.597. The first-order valence-corrected chi connectivity index (χ1v) is 7.39. The molecule has 21 heavy (non-hydrogen) atoms. The van der Waals surface area contributed by atoms with Gasteiger partial charge >= 0.3 is 0 Å². The van der Waals surface area contributed by atoms with E-state index in [-0.39, 0.29) is 11.4 Å². The van der Waals surface area contributed by atoms with E-state index in [0.29, 0.717) is 28.5 Å².